The van der Waals surface area contributed by atoms with Crippen LogP contribution in [0.5, 0.6) is 5.75 Å². The predicted octanol–water partition coefficient (Wildman–Crippen LogP) is 5.05. The van der Waals surface area contributed by atoms with E-state index >= 15 is 0 Å². The molecule has 0 N–H and O–H groups in total. The highest BCUT2D eigenvalue weighted by Gasteiger charge is 2.30. The van der Waals surface area contributed by atoms with Crippen LogP contribution in [0.2, 0.25) is 0 Å². The summed E-state index contributed by atoms with van der Waals surface area (Å²) in [4.78, 5) is 0.161. The molecule has 0 heterocycles. The number of para-hydroxylation sites is 1. The lowest BCUT2D eigenvalue weighted by Gasteiger charge is -2.29. The Morgan fingerprint density at radius 2 is 1.17 bits per heavy atom. The lowest BCUT2D eigenvalue weighted by Crippen LogP contribution is -2.22. The van der Waals surface area contributed by atoms with Gasteiger partial charge in [-0.05, 0) is 23.0 Å². The molecule has 130 valence electrons. The average Bonchev–Trinajstić information content (AvgIpc) is 2.45. The van der Waals surface area contributed by atoms with E-state index in [2.05, 4.69) is 41.5 Å². The molecule has 24 heavy (non-hydrogen) atoms. The summed E-state index contributed by atoms with van der Waals surface area (Å²) in [5.41, 5.74) is 1.30. The van der Waals surface area contributed by atoms with Crippen molar-refractivity contribution in [2.24, 2.45) is 0 Å². The summed E-state index contributed by atoms with van der Waals surface area (Å²) in [6, 6.07) is 14.1. The Morgan fingerprint density at radius 3 is 1.58 bits per heavy atom. The summed E-state index contributed by atoms with van der Waals surface area (Å²) in [5, 5.41) is 0. The van der Waals surface area contributed by atoms with Gasteiger partial charge < -0.3 is 4.18 Å². The van der Waals surface area contributed by atoms with Crippen molar-refractivity contribution in [3.05, 3.63) is 59.7 Å². The van der Waals surface area contributed by atoms with Gasteiger partial charge in [-0.15, -0.1) is 0 Å². The molecule has 0 atom stereocenters. The molecule has 0 aliphatic heterocycles. The smallest absolute Gasteiger partial charge is 0.339 e. The molecular weight excluding hydrogens is 320 g/mol. The van der Waals surface area contributed by atoms with Gasteiger partial charge in [-0.3, -0.25) is 0 Å². The van der Waals surface area contributed by atoms with Crippen LogP contribution in [0.3, 0.4) is 0 Å². The third-order valence-corrected chi connectivity index (χ3v) is 5.09. The fourth-order valence-electron chi connectivity index (χ4n) is 2.55. The highest BCUT2D eigenvalue weighted by atomic mass is 32.2. The topological polar surface area (TPSA) is 43.4 Å². The van der Waals surface area contributed by atoms with E-state index in [0.29, 0.717) is 5.75 Å². The number of hydrogen-bond acceptors (Lipinski definition) is 3. The van der Waals surface area contributed by atoms with Crippen molar-refractivity contribution < 1.29 is 12.6 Å². The van der Waals surface area contributed by atoms with Crippen LogP contribution in [0, 0.1) is 0 Å². The van der Waals surface area contributed by atoms with Crippen LogP contribution < -0.4 is 4.18 Å². The van der Waals surface area contributed by atoms with Gasteiger partial charge >= 0.3 is 10.1 Å². The van der Waals surface area contributed by atoms with Crippen LogP contribution in [-0.4, -0.2) is 8.42 Å². The molecule has 2 aromatic carbocycles. The fraction of sp³-hybridized carbons (Fsp3) is 0.400. The van der Waals surface area contributed by atoms with Gasteiger partial charge in [-0.1, -0.05) is 77.9 Å². The molecule has 0 saturated carbocycles. The molecule has 0 saturated heterocycles. The van der Waals surface area contributed by atoms with Crippen LogP contribution in [0.4, 0.5) is 0 Å². The molecular formula is C20H26O3S. The van der Waals surface area contributed by atoms with Gasteiger partial charge in [0, 0.05) is 11.1 Å². The fourth-order valence-corrected chi connectivity index (χ4v) is 3.54. The molecule has 0 aliphatic rings. The van der Waals surface area contributed by atoms with E-state index in [1.54, 1.807) is 30.3 Å². The predicted molar refractivity (Wildman–Crippen MR) is 98.1 cm³/mol. The molecule has 0 aromatic heterocycles. The largest absolute Gasteiger partial charge is 0.378 e. The summed E-state index contributed by atoms with van der Waals surface area (Å²) in [6.45, 7) is 12.3. The lowest BCUT2D eigenvalue weighted by molar-refractivity contribution is 0.454. The number of hydrogen-bond donors (Lipinski definition) is 0. The highest BCUT2D eigenvalue weighted by molar-refractivity contribution is 7.87. The van der Waals surface area contributed by atoms with Gasteiger partial charge in [0.05, 0.1) is 0 Å². The molecule has 4 heteroatoms. The second kappa shape index (κ2) is 6.25. The molecule has 0 aliphatic carbocycles. The third kappa shape index (κ3) is 3.99. The maximum atomic E-state index is 12.7. The SMILES string of the molecule is CC(C)(C)c1cccc(C(C)(C)C)c1OS(=O)(=O)c1ccccc1. The standard InChI is InChI=1S/C20H26O3S/c1-19(2,3)16-13-10-14-17(20(4,5)6)18(16)23-24(21,22)15-11-8-7-9-12-15/h7-14H,1-6H3. The van der Waals surface area contributed by atoms with Gasteiger partial charge in [0.15, 0.2) is 0 Å². The highest BCUT2D eigenvalue weighted by Crippen LogP contribution is 2.40. The van der Waals surface area contributed by atoms with Crippen molar-refractivity contribution >= 4 is 10.1 Å². The van der Waals surface area contributed by atoms with Gasteiger partial charge in [-0.2, -0.15) is 8.42 Å². The Kier molecular flexibility index (Phi) is 4.82. The lowest BCUT2D eigenvalue weighted by atomic mass is 9.80. The Labute approximate surface area is 145 Å². The first-order chi connectivity index (χ1) is 10.9. The Hall–Kier alpha value is -1.81. The Balaban J connectivity index is 2.64. The Bertz CT molecular complexity index is 776. The molecule has 0 bridgehead atoms. The van der Waals surface area contributed by atoms with Crippen molar-refractivity contribution in [2.75, 3.05) is 0 Å². The van der Waals surface area contributed by atoms with E-state index in [1.165, 1.54) is 0 Å². The maximum absolute atomic E-state index is 12.7. The number of benzene rings is 2. The van der Waals surface area contributed by atoms with Gasteiger partial charge in [-0.25, -0.2) is 0 Å². The summed E-state index contributed by atoms with van der Waals surface area (Å²) in [7, 11) is -3.88. The summed E-state index contributed by atoms with van der Waals surface area (Å²) < 4.78 is 31.2. The molecule has 2 aromatic rings. The van der Waals surface area contributed by atoms with Crippen LogP contribution in [0.25, 0.3) is 0 Å². The average molecular weight is 346 g/mol. The van der Waals surface area contributed by atoms with Crippen LogP contribution in [0.15, 0.2) is 53.4 Å². The zero-order chi connectivity index (χ0) is 18.2. The van der Waals surface area contributed by atoms with Gasteiger partial charge in [0.1, 0.15) is 10.6 Å². The Morgan fingerprint density at radius 1 is 0.708 bits per heavy atom. The van der Waals surface area contributed by atoms with Crippen molar-refractivity contribution in [1.29, 1.82) is 0 Å². The molecule has 0 radical (unpaired) electrons. The third-order valence-electron chi connectivity index (χ3n) is 3.86. The molecule has 2 rings (SSSR count). The zero-order valence-electron chi connectivity index (χ0n) is 15.3. The van der Waals surface area contributed by atoms with Crippen LogP contribution in [-0.2, 0) is 20.9 Å². The molecule has 0 amide bonds. The zero-order valence-corrected chi connectivity index (χ0v) is 16.1. The van der Waals surface area contributed by atoms with E-state index in [0.717, 1.165) is 11.1 Å². The second-order valence-corrected chi connectivity index (χ2v) is 9.58. The second-order valence-electron chi connectivity index (χ2n) is 8.03. The van der Waals surface area contributed by atoms with E-state index in [-0.39, 0.29) is 15.7 Å². The van der Waals surface area contributed by atoms with Crippen molar-refractivity contribution in [3.63, 3.8) is 0 Å². The van der Waals surface area contributed by atoms with E-state index in [4.69, 9.17) is 4.18 Å². The summed E-state index contributed by atoms with van der Waals surface area (Å²) in [6.07, 6.45) is 0. The van der Waals surface area contributed by atoms with Crippen LogP contribution >= 0.6 is 0 Å². The summed E-state index contributed by atoms with van der Waals surface area (Å²) in [5.74, 6) is 0.446. The molecule has 0 unspecified atom stereocenters. The van der Waals surface area contributed by atoms with E-state index < -0.39 is 10.1 Å². The first-order valence-corrected chi connectivity index (χ1v) is 9.47. The number of rotatable bonds is 3. The molecule has 3 nitrogen and oxygen atoms in total. The minimum Gasteiger partial charge on any atom is -0.378 e. The first kappa shape index (κ1) is 18.5. The van der Waals surface area contributed by atoms with Crippen LogP contribution in [0.1, 0.15) is 52.7 Å². The van der Waals surface area contributed by atoms with Crippen molar-refractivity contribution in [1.82, 2.24) is 0 Å². The molecule has 0 fully saturated rings. The van der Waals surface area contributed by atoms with E-state index in [9.17, 15) is 8.42 Å². The normalized spacial score (nSPS) is 12.9. The van der Waals surface area contributed by atoms with E-state index in [1.807, 2.05) is 18.2 Å². The minimum atomic E-state index is -3.88. The minimum absolute atomic E-state index is 0.161. The monoisotopic (exact) mass is 346 g/mol. The summed E-state index contributed by atoms with van der Waals surface area (Å²) >= 11 is 0. The van der Waals surface area contributed by atoms with Gasteiger partial charge in [0.2, 0.25) is 0 Å². The molecule has 0 spiro atoms. The van der Waals surface area contributed by atoms with Gasteiger partial charge in [0.25, 0.3) is 0 Å². The van der Waals surface area contributed by atoms with Crippen molar-refractivity contribution in [2.45, 2.75) is 57.3 Å². The first-order valence-electron chi connectivity index (χ1n) is 8.06. The maximum Gasteiger partial charge on any atom is 0.339 e. The quantitative estimate of drug-likeness (QED) is 0.731. The van der Waals surface area contributed by atoms with Crippen molar-refractivity contribution in [3.8, 4) is 5.75 Å².